The number of thiophene rings is 1. The van der Waals surface area contributed by atoms with Gasteiger partial charge in [0.2, 0.25) is 0 Å². The predicted molar refractivity (Wildman–Crippen MR) is 98.6 cm³/mol. The van der Waals surface area contributed by atoms with Crippen molar-refractivity contribution in [1.82, 2.24) is 14.8 Å². The van der Waals surface area contributed by atoms with Crippen LogP contribution in [-0.2, 0) is 13.0 Å². The van der Waals surface area contributed by atoms with Crippen molar-refractivity contribution < 1.29 is 0 Å². The van der Waals surface area contributed by atoms with Gasteiger partial charge in [0.1, 0.15) is 17.4 Å². The van der Waals surface area contributed by atoms with Crippen molar-refractivity contribution in [2.24, 2.45) is 4.99 Å². The summed E-state index contributed by atoms with van der Waals surface area (Å²) < 4.78 is 2.06. The normalized spacial score (nSPS) is 13.2. The van der Waals surface area contributed by atoms with Gasteiger partial charge in [-0.25, -0.2) is 0 Å². The third kappa shape index (κ3) is 2.17. The second-order valence-electron chi connectivity index (χ2n) is 5.62. The lowest BCUT2D eigenvalue weighted by molar-refractivity contribution is 0.869. The molecule has 0 saturated heterocycles. The lowest BCUT2D eigenvalue weighted by Crippen LogP contribution is -2.08. The number of nitrogens with two attached hydrogens (primary N) is 1. The van der Waals surface area contributed by atoms with Gasteiger partial charge in [0.25, 0.3) is 0 Å². The molecule has 3 heterocycles. The van der Waals surface area contributed by atoms with E-state index < -0.39 is 0 Å². The minimum absolute atomic E-state index is 0.448. The van der Waals surface area contributed by atoms with E-state index in [0.717, 1.165) is 50.5 Å². The molecule has 0 bridgehead atoms. The highest BCUT2D eigenvalue weighted by atomic mass is 35.5. The van der Waals surface area contributed by atoms with Crippen molar-refractivity contribution in [3.05, 3.63) is 56.9 Å². The number of anilines is 1. The summed E-state index contributed by atoms with van der Waals surface area (Å²) in [6, 6.07) is 7.73. The fraction of sp³-hybridized carbons (Fsp3) is 0.235. The standard InChI is InChI=1S/C17H16ClN5S/c1-3-12-15(19)14-16(10-6-4-5-7-11(10)18)20-8-13-22-21-9(2)23(13)17(14)24-12/h4-7H,3,8,19H2,1-2H3. The first-order valence-corrected chi connectivity index (χ1v) is 8.93. The van der Waals surface area contributed by atoms with Crippen molar-refractivity contribution in [3.63, 3.8) is 0 Å². The number of aliphatic imine (C=N–C) groups is 1. The fourth-order valence-electron chi connectivity index (χ4n) is 3.00. The highest BCUT2D eigenvalue weighted by molar-refractivity contribution is 7.15. The van der Waals surface area contributed by atoms with Gasteiger partial charge in [-0.15, -0.1) is 21.5 Å². The Bertz CT molecular complexity index is 970. The van der Waals surface area contributed by atoms with Crippen LogP contribution in [0, 0.1) is 6.92 Å². The van der Waals surface area contributed by atoms with Crippen LogP contribution in [0.4, 0.5) is 5.69 Å². The Morgan fingerprint density at radius 1 is 1.29 bits per heavy atom. The van der Waals surface area contributed by atoms with Crippen LogP contribution in [-0.4, -0.2) is 20.5 Å². The van der Waals surface area contributed by atoms with E-state index in [9.17, 15) is 0 Å². The Labute approximate surface area is 148 Å². The zero-order valence-electron chi connectivity index (χ0n) is 13.4. The highest BCUT2D eigenvalue weighted by Gasteiger charge is 2.28. The fourth-order valence-corrected chi connectivity index (χ4v) is 4.45. The molecule has 0 amide bonds. The molecule has 3 aromatic rings. The van der Waals surface area contributed by atoms with Crippen molar-refractivity contribution in [3.8, 4) is 5.00 Å². The number of nitrogens with zero attached hydrogens (tertiary/aromatic N) is 4. The van der Waals surface area contributed by atoms with E-state index in [1.807, 2.05) is 31.2 Å². The summed E-state index contributed by atoms with van der Waals surface area (Å²) in [5, 5.41) is 10.2. The summed E-state index contributed by atoms with van der Waals surface area (Å²) in [5.41, 5.74) is 9.92. The lowest BCUT2D eigenvalue weighted by Gasteiger charge is -2.10. The molecule has 1 aliphatic rings. The maximum atomic E-state index is 6.49. The monoisotopic (exact) mass is 357 g/mol. The summed E-state index contributed by atoms with van der Waals surface area (Å²) in [4.78, 5) is 5.93. The number of hydrogen-bond acceptors (Lipinski definition) is 5. The number of rotatable bonds is 2. The van der Waals surface area contributed by atoms with Crippen LogP contribution in [0.25, 0.3) is 5.00 Å². The molecule has 122 valence electrons. The molecule has 0 unspecified atom stereocenters. The van der Waals surface area contributed by atoms with E-state index in [-0.39, 0.29) is 0 Å². The first-order chi connectivity index (χ1) is 11.6. The van der Waals surface area contributed by atoms with Crippen LogP contribution in [0.2, 0.25) is 5.02 Å². The molecule has 4 rings (SSSR count). The Balaban J connectivity index is 2.05. The third-order valence-corrected chi connectivity index (χ3v) is 5.83. The van der Waals surface area contributed by atoms with Gasteiger partial charge < -0.3 is 5.73 Å². The Morgan fingerprint density at radius 2 is 2.08 bits per heavy atom. The van der Waals surface area contributed by atoms with Crippen LogP contribution in [0.3, 0.4) is 0 Å². The van der Waals surface area contributed by atoms with E-state index in [1.165, 1.54) is 0 Å². The molecule has 2 N–H and O–H groups in total. The number of aromatic nitrogens is 3. The van der Waals surface area contributed by atoms with Crippen LogP contribution < -0.4 is 5.73 Å². The Hall–Kier alpha value is -2.18. The molecule has 1 aliphatic heterocycles. The van der Waals surface area contributed by atoms with Crippen LogP contribution in [0.15, 0.2) is 29.3 Å². The molecule has 0 spiro atoms. The van der Waals surface area contributed by atoms with Gasteiger partial charge in [-0.1, -0.05) is 36.7 Å². The van der Waals surface area contributed by atoms with Gasteiger partial charge >= 0.3 is 0 Å². The number of halogens is 1. The molecule has 7 heteroatoms. The van der Waals surface area contributed by atoms with E-state index in [4.69, 9.17) is 22.3 Å². The first-order valence-electron chi connectivity index (χ1n) is 7.74. The Morgan fingerprint density at radius 3 is 2.83 bits per heavy atom. The van der Waals surface area contributed by atoms with Crippen LogP contribution >= 0.6 is 22.9 Å². The van der Waals surface area contributed by atoms with E-state index >= 15 is 0 Å². The maximum Gasteiger partial charge on any atom is 0.160 e. The topological polar surface area (TPSA) is 69.1 Å². The van der Waals surface area contributed by atoms with Gasteiger partial charge in [-0.05, 0) is 19.4 Å². The summed E-state index contributed by atoms with van der Waals surface area (Å²) in [5.74, 6) is 1.66. The van der Waals surface area contributed by atoms with Gasteiger partial charge in [0.05, 0.1) is 17.0 Å². The zero-order chi connectivity index (χ0) is 16.8. The molecular formula is C17H16ClN5S. The highest BCUT2D eigenvalue weighted by Crippen LogP contribution is 2.39. The van der Waals surface area contributed by atoms with E-state index in [1.54, 1.807) is 11.3 Å². The first kappa shape index (κ1) is 15.4. The summed E-state index contributed by atoms with van der Waals surface area (Å²) in [6.45, 7) is 4.50. The minimum Gasteiger partial charge on any atom is -0.397 e. The predicted octanol–water partition coefficient (Wildman–Crippen LogP) is 3.79. The quantitative estimate of drug-likeness (QED) is 0.758. The second kappa shape index (κ2) is 5.72. The molecule has 24 heavy (non-hydrogen) atoms. The lowest BCUT2D eigenvalue weighted by atomic mass is 10.0. The van der Waals surface area contributed by atoms with Crippen molar-refractivity contribution in [2.75, 3.05) is 5.73 Å². The number of aryl methyl sites for hydroxylation is 2. The zero-order valence-corrected chi connectivity index (χ0v) is 14.9. The largest absolute Gasteiger partial charge is 0.397 e. The minimum atomic E-state index is 0.448. The molecular weight excluding hydrogens is 342 g/mol. The molecule has 0 fully saturated rings. The summed E-state index contributed by atoms with van der Waals surface area (Å²) in [6.07, 6.45) is 0.871. The molecule has 0 atom stereocenters. The second-order valence-corrected chi connectivity index (χ2v) is 7.11. The van der Waals surface area contributed by atoms with Gasteiger partial charge in [0.15, 0.2) is 5.82 Å². The molecule has 2 aromatic heterocycles. The molecule has 1 aromatic carbocycles. The van der Waals surface area contributed by atoms with Crippen molar-refractivity contribution in [2.45, 2.75) is 26.8 Å². The molecule has 5 nitrogen and oxygen atoms in total. The summed E-state index contributed by atoms with van der Waals surface area (Å²) in [7, 11) is 0. The van der Waals surface area contributed by atoms with E-state index in [0.29, 0.717) is 11.6 Å². The molecule has 0 radical (unpaired) electrons. The SMILES string of the molecule is CCc1sc2c(c1N)C(c1ccccc1Cl)=NCc1nnc(C)n1-2. The average Bonchev–Trinajstić information content (AvgIpc) is 3.04. The number of fused-ring (bicyclic) bond motifs is 3. The number of benzene rings is 1. The van der Waals surface area contributed by atoms with Crippen LogP contribution in [0.1, 0.15) is 34.6 Å². The number of hydrogen-bond donors (Lipinski definition) is 1. The summed E-state index contributed by atoms with van der Waals surface area (Å²) >= 11 is 8.11. The third-order valence-electron chi connectivity index (χ3n) is 4.16. The van der Waals surface area contributed by atoms with Crippen molar-refractivity contribution >= 4 is 34.3 Å². The molecule has 0 saturated carbocycles. The van der Waals surface area contributed by atoms with Crippen molar-refractivity contribution in [1.29, 1.82) is 0 Å². The smallest absolute Gasteiger partial charge is 0.160 e. The van der Waals surface area contributed by atoms with Crippen LogP contribution in [0.5, 0.6) is 0 Å². The number of nitrogen functional groups attached to an aromatic ring is 1. The Kier molecular flexibility index (Phi) is 3.66. The van der Waals surface area contributed by atoms with Gasteiger partial charge in [0, 0.05) is 15.5 Å². The average molecular weight is 358 g/mol. The van der Waals surface area contributed by atoms with E-state index in [2.05, 4.69) is 21.7 Å². The van der Waals surface area contributed by atoms with Gasteiger partial charge in [-0.3, -0.25) is 9.56 Å². The maximum absolute atomic E-state index is 6.49. The molecule has 0 aliphatic carbocycles. The van der Waals surface area contributed by atoms with Gasteiger partial charge in [-0.2, -0.15) is 0 Å².